The average molecular weight is 425 g/mol. The van der Waals surface area contributed by atoms with Crippen molar-refractivity contribution < 1.29 is 4.57 Å². The van der Waals surface area contributed by atoms with Crippen molar-refractivity contribution in [3.8, 4) is 45.2 Å². The number of para-hydroxylation sites is 1. The number of fused-ring (bicyclic) bond motifs is 1. The molecule has 0 saturated heterocycles. The number of nitrogens with zero attached hydrogens (tertiary/aromatic N) is 1. The Balaban J connectivity index is 1.59. The van der Waals surface area contributed by atoms with Gasteiger partial charge >= 0.3 is 0 Å². The first kappa shape index (κ1) is 20.7. The van der Waals surface area contributed by atoms with Crippen LogP contribution >= 0.6 is 0 Å². The van der Waals surface area contributed by atoms with Crippen LogP contribution in [0.15, 0.2) is 103 Å². The normalized spacial score (nSPS) is 10.6. The van der Waals surface area contributed by atoms with Crippen LogP contribution in [0.5, 0.6) is 0 Å². The number of aromatic nitrogens is 1. The lowest BCUT2D eigenvalue weighted by atomic mass is 9.94. The minimum absolute atomic E-state index is 1.04. The lowest BCUT2D eigenvalue weighted by Gasteiger charge is -2.10. The van der Waals surface area contributed by atoms with Gasteiger partial charge in [-0.15, -0.1) is 5.92 Å². The predicted molar refractivity (Wildman–Crippen MR) is 139 cm³/mol. The molecule has 0 saturated carbocycles. The minimum Gasteiger partial charge on any atom is -0.200 e. The van der Waals surface area contributed by atoms with E-state index in [1.807, 2.05) is 6.92 Å². The summed E-state index contributed by atoms with van der Waals surface area (Å²) in [6.07, 6.45) is 2.22. The zero-order valence-corrected chi connectivity index (χ0v) is 19.3. The number of pyridine rings is 1. The van der Waals surface area contributed by atoms with Gasteiger partial charge in [0.05, 0.1) is 0 Å². The van der Waals surface area contributed by atoms with Gasteiger partial charge in [0.25, 0.3) is 0 Å². The van der Waals surface area contributed by atoms with Crippen LogP contribution < -0.4 is 4.57 Å². The van der Waals surface area contributed by atoms with Gasteiger partial charge in [-0.3, -0.25) is 0 Å². The summed E-state index contributed by atoms with van der Waals surface area (Å²) in [4.78, 5) is 0. The summed E-state index contributed by atoms with van der Waals surface area (Å²) in [5, 5.41) is 1.25. The SMILES string of the molecule is CC#Cc1cccc(-c2cccc(-c3cc(C)cc(-c4cc5ccccc5[n+](C)c4)c3)c2)c1. The number of hydrogen-bond donors (Lipinski definition) is 0. The first-order valence-electron chi connectivity index (χ1n) is 11.2. The zero-order valence-electron chi connectivity index (χ0n) is 19.3. The molecule has 0 unspecified atom stereocenters. The molecule has 5 rings (SSSR count). The second-order valence-electron chi connectivity index (χ2n) is 8.52. The maximum atomic E-state index is 3.16. The Bertz CT molecular complexity index is 1550. The lowest BCUT2D eigenvalue weighted by Crippen LogP contribution is -2.28. The molecule has 1 heteroatoms. The molecule has 0 N–H and O–H groups in total. The Morgan fingerprint density at radius 3 is 2.03 bits per heavy atom. The van der Waals surface area contributed by atoms with E-state index in [4.69, 9.17) is 0 Å². The van der Waals surface area contributed by atoms with Crippen LogP contribution in [0.2, 0.25) is 0 Å². The van der Waals surface area contributed by atoms with E-state index in [1.54, 1.807) is 0 Å². The monoisotopic (exact) mass is 424 g/mol. The van der Waals surface area contributed by atoms with Crippen molar-refractivity contribution in [2.24, 2.45) is 7.05 Å². The van der Waals surface area contributed by atoms with E-state index >= 15 is 0 Å². The van der Waals surface area contributed by atoms with Crippen molar-refractivity contribution in [3.63, 3.8) is 0 Å². The third kappa shape index (κ3) is 4.29. The smallest absolute Gasteiger partial charge is 0.200 e. The van der Waals surface area contributed by atoms with Gasteiger partial charge in [0.15, 0.2) is 6.20 Å². The highest BCUT2D eigenvalue weighted by Crippen LogP contribution is 2.31. The summed E-state index contributed by atoms with van der Waals surface area (Å²) in [7, 11) is 2.11. The zero-order chi connectivity index (χ0) is 22.8. The van der Waals surface area contributed by atoms with Crippen LogP contribution in [0.1, 0.15) is 18.1 Å². The van der Waals surface area contributed by atoms with Gasteiger partial charge in [-0.25, -0.2) is 4.57 Å². The van der Waals surface area contributed by atoms with E-state index in [0.29, 0.717) is 0 Å². The largest absolute Gasteiger partial charge is 0.212 e. The van der Waals surface area contributed by atoms with E-state index in [-0.39, 0.29) is 0 Å². The molecule has 0 aliphatic heterocycles. The molecular weight excluding hydrogens is 398 g/mol. The molecule has 5 aromatic rings. The lowest BCUT2D eigenvalue weighted by molar-refractivity contribution is -0.644. The summed E-state index contributed by atoms with van der Waals surface area (Å²) in [6, 6.07) is 34.9. The van der Waals surface area contributed by atoms with Crippen molar-refractivity contribution >= 4 is 10.9 Å². The molecule has 0 radical (unpaired) electrons. The Hall–Kier alpha value is -4.15. The van der Waals surface area contributed by atoms with Crippen molar-refractivity contribution in [2.45, 2.75) is 13.8 Å². The summed E-state index contributed by atoms with van der Waals surface area (Å²) in [5.74, 6) is 6.15. The van der Waals surface area contributed by atoms with Gasteiger partial charge in [0.1, 0.15) is 7.05 Å². The fraction of sp³-hybridized carbons (Fsp3) is 0.0938. The molecular formula is C32H26N+. The maximum Gasteiger partial charge on any atom is 0.212 e. The molecule has 0 bridgehead atoms. The minimum atomic E-state index is 1.04. The molecule has 0 aliphatic rings. The molecule has 0 aliphatic carbocycles. The van der Waals surface area contributed by atoms with Crippen molar-refractivity contribution in [1.29, 1.82) is 0 Å². The quantitative estimate of drug-likeness (QED) is 0.211. The number of hydrogen-bond acceptors (Lipinski definition) is 0. The third-order valence-corrected chi connectivity index (χ3v) is 6.03. The molecule has 0 atom stereocenters. The van der Waals surface area contributed by atoms with Crippen LogP contribution in [-0.2, 0) is 7.05 Å². The Kier molecular flexibility index (Phi) is 5.51. The predicted octanol–water partition coefficient (Wildman–Crippen LogP) is 7.35. The van der Waals surface area contributed by atoms with Crippen LogP contribution in [-0.4, -0.2) is 0 Å². The number of benzene rings is 4. The third-order valence-electron chi connectivity index (χ3n) is 6.03. The van der Waals surface area contributed by atoms with Crippen molar-refractivity contribution in [3.05, 3.63) is 114 Å². The standard InChI is InChI=1S/C32H26N/c1-4-9-24-10-7-12-25(18-24)26-13-8-14-27(19-26)29-16-23(2)17-30(21-29)31-20-28-11-5-6-15-32(28)33(3)22-31/h5-8,10-22H,1-3H3/q+1. The molecule has 1 nitrogen and oxygen atoms in total. The average Bonchev–Trinajstić information content (AvgIpc) is 2.84. The van der Waals surface area contributed by atoms with Crippen LogP contribution in [0, 0.1) is 18.8 Å². The van der Waals surface area contributed by atoms with E-state index in [0.717, 1.165) is 5.56 Å². The summed E-state index contributed by atoms with van der Waals surface area (Å²) < 4.78 is 2.21. The number of aryl methyl sites for hydroxylation is 2. The summed E-state index contributed by atoms with van der Waals surface area (Å²) >= 11 is 0. The molecule has 33 heavy (non-hydrogen) atoms. The maximum absolute atomic E-state index is 3.16. The molecule has 0 amide bonds. The highest BCUT2D eigenvalue weighted by Gasteiger charge is 2.11. The van der Waals surface area contributed by atoms with Gasteiger partial charge in [-0.05, 0) is 83.6 Å². The molecule has 4 aromatic carbocycles. The fourth-order valence-corrected chi connectivity index (χ4v) is 4.49. The van der Waals surface area contributed by atoms with Crippen molar-refractivity contribution in [2.75, 3.05) is 0 Å². The summed E-state index contributed by atoms with van der Waals surface area (Å²) in [5.41, 5.74) is 10.8. The fourth-order valence-electron chi connectivity index (χ4n) is 4.49. The highest BCUT2D eigenvalue weighted by molar-refractivity contribution is 5.83. The Labute approximate surface area is 196 Å². The van der Waals surface area contributed by atoms with Crippen LogP contribution in [0.4, 0.5) is 0 Å². The van der Waals surface area contributed by atoms with E-state index in [9.17, 15) is 0 Å². The van der Waals surface area contributed by atoms with E-state index in [2.05, 4.69) is 134 Å². The van der Waals surface area contributed by atoms with Gasteiger partial charge in [0.2, 0.25) is 5.52 Å². The highest BCUT2D eigenvalue weighted by atomic mass is 14.9. The topological polar surface area (TPSA) is 3.88 Å². The van der Waals surface area contributed by atoms with Crippen LogP contribution in [0.3, 0.4) is 0 Å². The van der Waals surface area contributed by atoms with Gasteiger partial charge in [-0.1, -0.05) is 60.5 Å². The number of rotatable bonds is 3. The summed E-state index contributed by atoms with van der Waals surface area (Å²) in [6.45, 7) is 4.04. The van der Waals surface area contributed by atoms with E-state index in [1.165, 1.54) is 49.8 Å². The van der Waals surface area contributed by atoms with Gasteiger partial charge < -0.3 is 0 Å². The molecule has 1 heterocycles. The molecule has 1 aromatic heterocycles. The van der Waals surface area contributed by atoms with Gasteiger partial charge in [-0.2, -0.15) is 0 Å². The first-order valence-corrected chi connectivity index (χ1v) is 11.2. The van der Waals surface area contributed by atoms with Crippen LogP contribution in [0.25, 0.3) is 44.3 Å². The second kappa shape index (κ2) is 8.77. The molecule has 158 valence electrons. The molecule has 0 fully saturated rings. The van der Waals surface area contributed by atoms with E-state index < -0.39 is 0 Å². The van der Waals surface area contributed by atoms with Gasteiger partial charge in [0, 0.05) is 22.6 Å². The Morgan fingerprint density at radius 1 is 0.606 bits per heavy atom. The second-order valence-corrected chi connectivity index (χ2v) is 8.52. The van der Waals surface area contributed by atoms with Crippen molar-refractivity contribution in [1.82, 2.24) is 0 Å². The first-order chi connectivity index (χ1) is 16.1. The molecule has 0 spiro atoms. The Morgan fingerprint density at radius 2 is 1.24 bits per heavy atom.